The van der Waals surface area contributed by atoms with Crippen molar-refractivity contribution in [2.75, 3.05) is 18.5 Å². The second-order valence-corrected chi connectivity index (χ2v) is 5.03. The van der Waals surface area contributed by atoms with Crippen molar-refractivity contribution in [2.24, 2.45) is 0 Å². The third-order valence-electron chi connectivity index (χ3n) is 2.11. The maximum atomic E-state index is 11.3. The summed E-state index contributed by atoms with van der Waals surface area (Å²) in [6, 6.07) is 0. The molecule has 0 atom stereocenters. The van der Waals surface area contributed by atoms with Crippen LogP contribution in [0.25, 0.3) is 0 Å². The van der Waals surface area contributed by atoms with Crippen LogP contribution in [0.3, 0.4) is 0 Å². The van der Waals surface area contributed by atoms with Crippen LogP contribution in [0.15, 0.2) is 11.1 Å². The van der Waals surface area contributed by atoms with E-state index in [-0.39, 0.29) is 5.56 Å². The molecule has 0 radical (unpaired) electrons. The molecule has 1 aromatic heterocycles. The number of unbranched alkanes of at least 4 members (excludes halogenated alkanes) is 1. The van der Waals surface area contributed by atoms with E-state index in [2.05, 4.69) is 15.3 Å². The molecular weight excluding hydrogens is 333 g/mol. The fraction of sp³-hybridized carbons (Fsp3) is 0.636. The van der Waals surface area contributed by atoms with Crippen LogP contribution in [-0.2, 0) is 4.74 Å². The van der Waals surface area contributed by atoms with Crippen molar-refractivity contribution in [3.05, 3.63) is 20.3 Å². The monoisotopic (exact) mass is 351 g/mol. The van der Waals surface area contributed by atoms with Gasteiger partial charge in [0.15, 0.2) is 0 Å². The third kappa shape index (κ3) is 5.49. The molecule has 1 aromatic rings. The lowest BCUT2D eigenvalue weighted by Gasteiger charge is -2.08. The predicted molar refractivity (Wildman–Crippen MR) is 76.4 cm³/mol. The number of H-pyrrole nitrogens is 1. The molecule has 0 unspecified atom stereocenters. The molecule has 0 aliphatic carbocycles. The van der Waals surface area contributed by atoms with Crippen molar-refractivity contribution < 1.29 is 4.74 Å². The molecule has 1 heterocycles. The van der Waals surface area contributed by atoms with Gasteiger partial charge in [0.05, 0.1) is 12.4 Å². The number of rotatable bonds is 7. The summed E-state index contributed by atoms with van der Waals surface area (Å²) in [4.78, 5) is 17.9. The van der Waals surface area contributed by atoms with Gasteiger partial charge >= 0.3 is 0 Å². The topological polar surface area (TPSA) is 67.0 Å². The zero-order chi connectivity index (χ0) is 12.7. The number of ether oxygens (including phenoxy) is 1. The van der Waals surface area contributed by atoms with E-state index in [4.69, 9.17) is 4.74 Å². The van der Waals surface area contributed by atoms with E-state index >= 15 is 0 Å². The van der Waals surface area contributed by atoms with Crippen LogP contribution in [-0.4, -0.2) is 29.2 Å². The Morgan fingerprint density at radius 1 is 1.53 bits per heavy atom. The highest BCUT2D eigenvalue weighted by atomic mass is 127. The highest BCUT2D eigenvalue weighted by Crippen LogP contribution is 2.08. The maximum Gasteiger partial charge on any atom is 0.266 e. The number of aromatic nitrogens is 2. The standard InChI is InChI=1S/C11H18IN3O2/c1-8(2)17-6-4-3-5-13-10-9(12)11(16)15-7-14-10/h7-8H,3-6H2,1-2H3,(H2,13,14,15,16). The lowest BCUT2D eigenvalue weighted by atomic mass is 10.3. The SMILES string of the molecule is CC(C)OCCCCNc1nc[nH]c(=O)c1I. The van der Waals surface area contributed by atoms with E-state index in [0.29, 0.717) is 15.5 Å². The number of nitrogens with one attached hydrogen (secondary N) is 2. The molecule has 0 aliphatic heterocycles. The van der Waals surface area contributed by atoms with Gasteiger partial charge in [-0.3, -0.25) is 4.79 Å². The number of aromatic amines is 1. The Bertz CT molecular complexity index is 393. The first-order valence-electron chi connectivity index (χ1n) is 5.70. The summed E-state index contributed by atoms with van der Waals surface area (Å²) >= 11 is 1.99. The maximum absolute atomic E-state index is 11.3. The van der Waals surface area contributed by atoms with Crippen LogP contribution in [0.1, 0.15) is 26.7 Å². The zero-order valence-corrected chi connectivity index (χ0v) is 12.3. The lowest BCUT2D eigenvalue weighted by Crippen LogP contribution is -2.15. The second-order valence-electron chi connectivity index (χ2n) is 3.95. The highest BCUT2D eigenvalue weighted by Gasteiger charge is 2.03. The van der Waals surface area contributed by atoms with Gasteiger partial charge in [0.1, 0.15) is 9.39 Å². The molecule has 0 saturated carbocycles. The highest BCUT2D eigenvalue weighted by molar-refractivity contribution is 14.1. The molecule has 1 rings (SSSR count). The number of nitrogens with zero attached hydrogens (tertiary/aromatic N) is 1. The van der Waals surface area contributed by atoms with E-state index in [9.17, 15) is 4.79 Å². The molecule has 0 bridgehead atoms. The van der Waals surface area contributed by atoms with E-state index < -0.39 is 0 Å². The predicted octanol–water partition coefficient (Wildman–Crippen LogP) is 1.99. The summed E-state index contributed by atoms with van der Waals surface area (Å²) in [7, 11) is 0. The average Bonchev–Trinajstić information content (AvgIpc) is 2.28. The largest absolute Gasteiger partial charge is 0.379 e. The number of halogens is 1. The first-order valence-corrected chi connectivity index (χ1v) is 6.77. The zero-order valence-electron chi connectivity index (χ0n) is 10.1. The summed E-state index contributed by atoms with van der Waals surface area (Å²) in [5.41, 5.74) is -0.105. The normalized spacial score (nSPS) is 10.8. The summed E-state index contributed by atoms with van der Waals surface area (Å²) in [6.45, 7) is 5.63. The molecular formula is C11H18IN3O2. The summed E-state index contributed by atoms with van der Waals surface area (Å²) in [6.07, 6.45) is 3.70. The molecule has 0 spiro atoms. The number of hydrogen-bond donors (Lipinski definition) is 2. The van der Waals surface area contributed by atoms with Gasteiger partial charge in [-0.15, -0.1) is 0 Å². The minimum Gasteiger partial charge on any atom is -0.379 e. The molecule has 0 amide bonds. The van der Waals surface area contributed by atoms with E-state index in [1.54, 1.807) is 0 Å². The molecule has 2 N–H and O–H groups in total. The van der Waals surface area contributed by atoms with Crippen molar-refractivity contribution in [2.45, 2.75) is 32.8 Å². The van der Waals surface area contributed by atoms with Gasteiger partial charge in [0.25, 0.3) is 5.56 Å². The molecule has 0 saturated heterocycles. The average molecular weight is 351 g/mol. The lowest BCUT2D eigenvalue weighted by molar-refractivity contribution is 0.0765. The first kappa shape index (κ1) is 14.4. The van der Waals surface area contributed by atoms with Gasteiger partial charge in [-0.05, 0) is 49.3 Å². The van der Waals surface area contributed by atoms with Crippen molar-refractivity contribution in [1.82, 2.24) is 9.97 Å². The third-order valence-corrected chi connectivity index (χ3v) is 3.11. The summed E-state index contributed by atoms with van der Waals surface area (Å²) in [5.74, 6) is 0.652. The Hall–Kier alpha value is -0.630. The van der Waals surface area contributed by atoms with Crippen molar-refractivity contribution in [1.29, 1.82) is 0 Å². The molecule has 0 aliphatic rings. The quantitative estimate of drug-likeness (QED) is 0.583. The van der Waals surface area contributed by atoms with Crippen molar-refractivity contribution in [3.8, 4) is 0 Å². The Morgan fingerprint density at radius 3 is 3.00 bits per heavy atom. The van der Waals surface area contributed by atoms with Gasteiger partial charge in [-0.2, -0.15) is 0 Å². The molecule has 6 heteroatoms. The van der Waals surface area contributed by atoms with Crippen LogP contribution in [0.2, 0.25) is 0 Å². The Morgan fingerprint density at radius 2 is 2.29 bits per heavy atom. The minimum atomic E-state index is -0.105. The molecule has 0 fully saturated rings. The molecule has 17 heavy (non-hydrogen) atoms. The van der Waals surface area contributed by atoms with E-state index in [0.717, 1.165) is 26.0 Å². The van der Waals surface area contributed by atoms with E-state index in [1.165, 1.54) is 6.33 Å². The van der Waals surface area contributed by atoms with Gasteiger partial charge in [-0.25, -0.2) is 4.98 Å². The van der Waals surface area contributed by atoms with Crippen LogP contribution in [0.5, 0.6) is 0 Å². The summed E-state index contributed by atoms with van der Waals surface area (Å²) in [5, 5.41) is 3.15. The molecule has 0 aromatic carbocycles. The Kier molecular flexibility index (Phi) is 6.49. The van der Waals surface area contributed by atoms with Gasteiger partial charge in [0, 0.05) is 13.2 Å². The van der Waals surface area contributed by atoms with Crippen molar-refractivity contribution in [3.63, 3.8) is 0 Å². The van der Waals surface area contributed by atoms with Crippen LogP contribution < -0.4 is 10.9 Å². The minimum absolute atomic E-state index is 0.105. The van der Waals surface area contributed by atoms with Crippen molar-refractivity contribution >= 4 is 28.4 Å². The van der Waals surface area contributed by atoms with Crippen LogP contribution in [0, 0.1) is 3.57 Å². The smallest absolute Gasteiger partial charge is 0.266 e. The van der Waals surface area contributed by atoms with Gasteiger partial charge in [-0.1, -0.05) is 0 Å². The van der Waals surface area contributed by atoms with Crippen LogP contribution >= 0.6 is 22.6 Å². The first-order chi connectivity index (χ1) is 8.11. The summed E-state index contributed by atoms with van der Waals surface area (Å²) < 4.78 is 6.04. The Labute approximate surface area is 115 Å². The number of hydrogen-bond acceptors (Lipinski definition) is 4. The molecule has 5 nitrogen and oxygen atoms in total. The van der Waals surface area contributed by atoms with Crippen LogP contribution in [0.4, 0.5) is 5.82 Å². The molecule has 96 valence electrons. The fourth-order valence-corrected chi connectivity index (χ4v) is 1.74. The van der Waals surface area contributed by atoms with E-state index in [1.807, 2.05) is 36.4 Å². The Balaban J connectivity index is 2.23. The fourth-order valence-electron chi connectivity index (χ4n) is 1.26. The van der Waals surface area contributed by atoms with Gasteiger partial charge < -0.3 is 15.0 Å². The second kappa shape index (κ2) is 7.65. The van der Waals surface area contributed by atoms with Gasteiger partial charge in [0.2, 0.25) is 0 Å². The number of anilines is 1.